The molecule has 1 aliphatic carbocycles. The van der Waals surface area contributed by atoms with Crippen molar-refractivity contribution < 1.29 is 23.5 Å². The molecule has 186 valence electrons. The molecule has 0 saturated heterocycles. The van der Waals surface area contributed by atoms with Crippen LogP contribution in [0.25, 0.3) is 5.69 Å². The minimum atomic E-state index is -0.835. The average molecular weight is 486 g/mol. The van der Waals surface area contributed by atoms with E-state index in [4.69, 9.17) is 5.73 Å². The first-order valence-corrected chi connectivity index (χ1v) is 11.0. The van der Waals surface area contributed by atoms with Crippen molar-refractivity contribution in [3.05, 3.63) is 76.5 Å². The van der Waals surface area contributed by atoms with E-state index in [1.165, 1.54) is 23.9 Å². The van der Waals surface area contributed by atoms with Crippen molar-refractivity contribution in [2.24, 2.45) is 5.73 Å². The largest absolute Gasteiger partial charge is 0.393 e. The van der Waals surface area contributed by atoms with Crippen molar-refractivity contribution in [3.8, 4) is 5.69 Å². The minimum Gasteiger partial charge on any atom is -0.393 e. The van der Waals surface area contributed by atoms with Gasteiger partial charge in [-0.05, 0) is 60.6 Å². The number of nitrogens with one attached hydrogen (secondary N) is 2. The van der Waals surface area contributed by atoms with Gasteiger partial charge in [-0.2, -0.15) is 5.10 Å². The number of nitrogens with zero attached hydrogens (tertiary/aromatic N) is 2. The topological polar surface area (TPSA) is 122 Å². The zero-order valence-electron chi connectivity index (χ0n) is 20.0. The number of aliphatic hydroxyl groups excluding tert-OH is 1. The third-order valence-corrected chi connectivity index (χ3v) is 5.88. The summed E-state index contributed by atoms with van der Waals surface area (Å²) in [5.74, 6) is -1.59. The summed E-state index contributed by atoms with van der Waals surface area (Å²) < 4.78 is 27.6. The molecule has 1 aromatic heterocycles. The average Bonchev–Trinajstić information content (AvgIpc) is 3.11. The van der Waals surface area contributed by atoms with Gasteiger partial charge < -0.3 is 16.2 Å². The van der Waals surface area contributed by atoms with Gasteiger partial charge in [0.25, 0.3) is 5.91 Å². The number of urea groups is 1. The summed E-state index contributed by atoms with van der Waals surface area (Å²) in [5.41, 5.74) is 7.91. The van der Waals surface area contributed by atoms with Crippen LogP contribution in [0.5, 0.6) is 0 Å². The maximum absolute atomic E-state index is 13.1. The molecule has 5 N–H and O–H groups in total. The number of hydrogen-bond donors (Lipinski definition) is 4. The molecule has 3 aromatic rings. The molecule has 1 aliphatic rings. The van der Waals surface area contributed by atoms with Crippen LogP contribution in [0.3, 0.4) is 0 Å². The second-order valence-electron chi connectivity index (χ2n) is 9.01. The molecule has 8 nitrogen and oxygen atoms in total. The fourth-order valence-corrected chi connectivity index (χ4v) is 4.26. The van der Waals surface area contributed by atoms with E-state index >= 15 is 0 Å². The summed E-state index contributed by atoms with van der Waals surface area (Å²) >= 11 is 0. The van der Waals surface area contributed by atoms with Crippen molar-refractivity contribution in [3.63, 3.8) is 0 Å². The summed E-state index contributed by atoms with van der Waals surface area (Å²) in [6, 6.07) is 10.9. The maximum atomic E-state index is 13.1. The molecule has 0 radical (unpaired) electrons. The molecule has 10 heteroatoms. The number of fused-ring (bicyclic) bond motifs is 1. The highest BCUT2D eigenvalue weighted by atomic mass is 19.2. The second kappa shape index (κ2) is 10.2. The first-order valence-electron chi connectivity index (χ1n) is 11.0. The quantitative estimate of drug-likeness (QED) is 0.453. The Kier molecular flexibility index (Phi) is 7.54. The van der Waals surface area contributed by atoms with Crippen LogP contribution in [0.15, 0.2) is 42.5 Å². The monoisotopic (exact) mass is 485 g/mol. The molecule has 1 atom stereocenters. The van der Waals surface area contributed by atoms with Crippen molar-refractivity contribution in [1.29, 1.82) is 0 Å². The van der Waals surface area contributed by atoms with Gasteiger partial charge in [-0.15, -0.1) is 0 Å². The van der Waals surface area contributed by atoms with Crippen LogP contribution in [0, 0.1) is 18.6 Å². The van der Waals surface area contributed by atoms with E-state index in [-0.39, 0.29) is 17.0 Å². The highest BCUT2D eigenvalue weighted by molar-refractivity contribution is 5.97. The number of para-hydroxylation sites is 1. The number of rotatable bonds is 3. The molecule has 0 spiro atoms. The predicted octanol–water partition coefficient (Wildman–Crippen LogP) is 3.58. The van der Waals surface area contributed by atoms with Gasteiger partial charge in [0.2, 0.25) is 0 Å². The fourth-order valence-electron chi connectivity index (χ4n) is 4.26. The lowest BCUT2D eigenvalue weighted by molar-refractivity contribution is 0.0957. The number of amides is 3. The van der Waals surface area contributed by atoms with Gasteiger partial charge in [-0.1, -0.05) is 32.0 Å². The van der Waals surface area contributed by atoms with E-state index in [2.05, 4.69) is 15.7 Å². The predicted molar refractivity (Wildman–Crippen MR) is 129 cm³/mol. The van der Waals surface area contributed by atoms with Crippen molar-refractivity contribution in [2.75, 3.05) is 12.4 Å². The fraction of sp³-hybridized carbons (Fsp3) is 0.320. The van der Waals surface area contributed by atoms with Gasteiger partial charge in [0.05, 0.1) is 11.8 Å². The summed E-state index contributed by atoms with van der Waals surface area (Å²) in [4.78, 5) is 22.9. The molecule has 0 bridgehead atoms. The highest BCUT2D eigenvalue weighted by Crippen LogP contribution is 2.37. The molecule has 0 aliphatic heterocycles. The smallest absolute Gasteiger partial charge is 0.317 e. The van der Waals surface area contributed by atoms with Gasteiger partial charge in [0.15, 0.2) is 17.3 Å². The Hall–Kier alpha value is -3.79. The van der Waals surface area contributed by atoms with E-state index < -0.39 is 23.8 Å². The van der Waals surface area contributed by atoms with Crippen molar-refractivity contribution in [1.82, 2.24) is 15.1 Å². The molecule has 1 unspecified atom stereocenters. The number of anilines is 1. The summed E-state index contributed by atoms with van der Waals surface area (Å²) in [6.45, 7) is 5.57. The number of carbonyl (C=O) groups excluding carboxylic acids is 2. The van der Waals surface area contributed by atoms with Gasteiger partial charge in [0, 0.05) is 12.6 Å². The van der Waals surface area contributed by atoms with Crippen LogP contribution >= 0.6 is 0 Å². The van der Waals surface area contributed by atoms with Crippen molar-refractivity contribution >= 4 is 17.8 Å². The van der Waals surface area contributed by atoms with Crippen molar-refractivity contribution in [2.45, 2.75) is 45.1 Å². The first kappa shape index (κ1) is 25.8. The number of primary amides is 1. The maximum Gasteiger partial charge on any atom is 0.317 e. The van der Waals surface area contributed by atoms with Crippen LogP contribution in [-0.2, 0) is 11.8 Å². The number of hydrogen-bond acceptors (Lipinski definition) is 4. The first-order chi connectivity index (χ1) is 16.4. The number of carbonyl (C=O) groups is 2. The lowest BCUT2D eigenvalue weighted by Crippen LogP contribution is -2.33. The Balaban J connectivity index is 0.000000203. The SMILES string of the molecule is CC1(C)CC(O)Cc2cc(F)c(F)cc21.CNC(=O)c1nn(-c2ccccc2)c(NC(N)=O)c1C. The summed E-state index contributed by atoms with van der Waals surface area (Å²) in [5, 5.41) is 18.9. The Labute approximate surface area is 202 Å². The lowest BCUT2D eigenvalue weighted by atomic mass is 9.71. The van der Waals surface area contributed by atoms with Crippen LogP contribution in [0.2, 0.25) is 0 Å². The number of aromatic nitrogens is 2. The third-order valence-electron chi connectivity index (χ3n) is 5.88. The van der Waals surface area contributed by atoms with E-state index in [9.17, 15) is 23.5 Å². The zero-order valence-corrected chi connectivity index (χ0v) is 20.0. The van der Waals surface area contributed by atoms with E-state index in [0.29, 0.717) is 24.2 Å². The van der Waals surface area contributed by atoms with Gasteiger partial charge in [0.1, 0.15) is 5.82 Å². The molecule has 3 amide bonds. The molecular weight excluding hydrogens is 456 g/mol. The van der Waals surface area contributed by atoms with Gasteiger partial charge in [-0.25, -0.2) is 18.3 Å². The Morgan fingerprint density at radius 1 is 1.17 bits per heavy atom. The van der Waals surface area contributed by atoms with E-state index in [0.717, 1.165) is 16.8 Å². The zero-order chi connectivity index (χ0) is 25.9. The summed E-state index contributed by atoms with van der Waals surface area (Å²) in [7, 11) is 1.52. The standard InChI is InChI=1S/C13H15N5O2.C12H14F2O/c1-8-10(12(19)15-2)17-18(11(8)16-13(14)20)9-6-4-3-5-7-9;1-12(2)6-8(15)3-7-4-10(13)11(14)5-9(7)12/h3-7H,1-2H3,(H,15,19)(H3,14,16,20);4-5,8,15H,3,6H2,1-2H3. The van der Waals surface area contributed by atoms with Crippen LogP contribution in [0.4, 0.5) is 19.4 Å². The molecule has 1 heterocycles. The molecule has 0 saturated carbocycles. The Morgan fingerprint density at radius 2 is 1.80 bits per heavy atom. The molecular formula is C25H29F2N5O3. The Morgan fingerprint density at radius 3 is 2.40 bits per heavy atom. The van der Waals surface area contributed by atoms with Crippen LogP contribution in [0.1, 0.15) is 47.4 Å². The minimum absolute atomic E-state index is 0.236. The second-order valence-corrected chi connectivity index (χ2v) is 9.01. The summed E-state index contributed by atoms with van der Waals surface area (Å²) in [6.07, 6.45) is 0.540. The Bertz CT molecular complexity index is 1240. The molecule has 4 rings (SSSR count). The molecule has 2 aromatic carbocycles. The number of benzene rings is 2. The number of nitrogens with two attached hydrogens (primary N) is 1. The highest BCUT2D eigenvalue weighted by Gasteiger charge is 2.33. The van der Waals surface area contributed by atoms with Gasteiger partial charge in [-0.3, -0.25) is 10.1 Å². The van der Waals surface area contributed by atoms with Crippen LogP contribution in [-0.4, -0.2) is 40.0 Å². The molecule has 0 fully saturated rings. The van der Waals surface area contributed by atoms with E-state index in [1.54, 1.807) is 6.92 Å². The van der Waals surface area contributed by atoms with Crippen LogP contribution < -0.4 is 16.4 Å². The number of aliphatic hydroxyl groups is 1. The molecule has 35 heavy (non-hydrogen) atoms. The lowest BCUT2D eigenvalue weighted by Gasteiger charge is -2.35. The third kappa shape index (κ3) is 5.65. The number of halogens is 2. The van der Waals surface area contributed by atoms with E-state index in [1.807, 2.05) is 44.2 Å². The normalized spacial score (nSPS) is 15.9. The van der Waals surface area contributed by atoms with Gasteiger partial charge >= 0.3 is 6.03 Å².